The molecule has 5 nitrogen and oxygen atoms in total. The van der Waals surface area contributed by atoms with E-state index in [1.807, 2.05) is 42.5 Å². The molecule has 0 fully saturated rings. The van der Waals surface area contributed by atoms with E-state index in [2.05, 4.69) is 10.2 Å². The third-order valence-electron chi connectivity index (χ3n) is 4.74. The quantitative estimate of drug-likeness (QED) is 0.626. The standard InChI is InChI=1S/C22H25FN4O/c1-27(22(28)15-20(24)16-7-3-2-4-8-16)12-6-11-19-14-21(26-25-19)17-9-5-10-18(23)13-17/h2-5,7-10,13-14,20H,6,11-12,15,24H2,1H3,(H,25,26). The van der Waals surface area contributed by atoms with Crippen LogP contribution in [0.3, 0.4) is 0 Å². The Bertz CT molecular complexity index is 910. The predicted octanol–water partition coefficient (Wildman–Crippen LogP) is 3.70. The van der Waals surface area contributed by atoms with Gasteiger partial charge in [-0.2, -0.15) is 5.10 Å². The summed E-state index contributed by atoms with van der Waals surface area (Å²) in [6, 6.07) is 17.6. The van der Waals surface area contributed by atoms with Crippen molar-refractivity contribution in [3.63, 3.8) is 0 Å². The third kappa shape index (κ3) is 5.27. The zero-order chi connectivity index (χ0) is 19.9. The van der Waals surface area contributed by atoms with Crippen molar-refractivity contribution in [2.24, 2.45) is 5.73 Å². The Morgan fingerprint density at radius 1 is 1.18 bits per heavy atom. The molecule has 1 heterocycles. The molecule has 1 unspecified atom stereocenters. The lowest BCUT2D eigenvalue weighted by molar-refractivity contribution is -0.130. The van der Waals surface area contributed by atoms with E-state index >= 15 is 0 Å². The number of aryl methyl sites for hydroxylation is 1. The van der Waals surface area contributed by atoms with Gasteiger partial charge in [-0.05, 0) is 36.6 Å². The molecule has 3 N–H and O–H groups in total. The van der Waals surface area contributed by atoms with Crippen LogP contribution in [0.2, 0.25) is 0 Å². The molecule has 0 aliphatic carbocycles. The Balaban J connectivity index is 1.46. The number of H-pyrrole nitrogens is 1. The second-order valence-corrected chi connectivity index (χ2v) is 6.93. The molecule has 146 valence electrons. The molecule has 3 aromatic rings. The zero-order valence-corrected chi connectivity index (χ0v) is 15.9. The van der Waals surface area contributed by atoms with E-state index in [1.165, 1.54) is 12.1 Å². The highest BCUT2D eigenvalue weighted by Crippen LogP contribution is 2.19. The average molecular weight is 380 g/mol. The molecule has 1 amide bonds. The van der Waals surface area contributed by atoms with E-state index in [0.29, 0.717) is 12.2 Å². The van der Waals surface area contributed by atoms with Crippen LogP contribution in [-0.4, -0.2) is 34.6 Å². The Morgan fingerprint density at radius 3 is 2.71 bits per heavy atom. The molecule has 0 radical (unpaired) electrons. The smallest absolute Gasteiger partial charge is 0.224 e. The monoisotopic (exact) mass is 380 g/mol. The number of benzene rings is 2. The molecule has 0 aliphatic heterocycles. The van der Waals surface area contributed by atoms with Gasteiger partial charge in [-0.15, -0.1) is 0 Å². The van der Waals surface area contributed by atoms with Gasteiger partial charge >= 0.3 is 0 Å². The molecular formula is C22H25FN4O. The molecule has 2 aromatic carbocycles. The van der Waals surface area contributed by atoms with Crippen molar-refractivity contribution >= 4 is 5.91 Å². The van der Waals surface area contributed by atoms with Crippen molar-refractivity contribution in [2.45, 2.75) is 25.3 Å². The number of halogens is 1. The number of nitrogens with zero attached hydrogens (tertiary/aromatic N) is 2. The minimum absolute atomic E-state index is 0.0291. The highest BCUT2D eigenvalue weighted by Gasteiger charge is 2.15. The second-order valence-electron chi connectivity index (χ2n) is 6.93. The zero-order valence-electron chi connectivity index (χ0n) is 15.9. The van der Waals surface area contributed by atoms with Gasteiger partial charge in [0.1, 0.15) is 5.82 Å². The van der Waals surface area contributed by atoms with Gasteiger partial charge in [0, 0.05) is 37.3 Å². The van der Waals surface area contributed by atoms with E-state index in [4.69, 9.17) is 5.73 Å². The van der Waals surface area contributed by atoms with Crippen molar-refractivity contribution in [3.8, 4) is 11.3 Å². The number of hydrogen-bond donors (Lipinski definition) is 2. The minimum atomic E-state index is -0.294. The molecule has 1 aromatic heterocycles. The van der Waals surface area contributed by atoms with E-state index < -0.39 is 0 Å². The number of rotatable bonds is 8. The van der Waals surface area contributed by atoms with Crippen molar-refractivity contribution in [2.75, 3.05) is 13.6 Å². The molecule has 0 saturated carbocycles. The molecule has 6 heteroatoms. The summed E-state index contributed by atoms with van der Waals surface area (Å²) in [4.78, 5) is 14.1. The van der Waals surface area contributed by atoms with Gasteiger partial charge < -0.3 is 10.6 Å². The van der Waals surface area contributed by atoms with Crippen LogP contribution in [0.4, 0.5) is 4.39 Å². The largest absolute Gasteiger partial charge is 0.346 e. The Labute approximate surface area is 164 Å². The summed E-state index contributed by atoms with van der Waals surface area (Å²) in [5, 5.41) is 7.23. The van der Waals surface area contributed by atoms with Crippen LogP contribution in [0.1, 0.15) is 30.1 Å². The Kier molecular flexibility index (Phi) is 6.55. The summed E-state index contributed by atoms with van der Waals surface area (Å²) in [7, 11) is 1.80. The number of aromatic amines is 1. The van der Waals surface area contributed by atoms with Gasteiger partial charge in [-0.25, -0.2) is 4.39 Å². The van der Waals surface area contributed by atoms with Crippen LogP contribution in [0.15, 0.2) is 60.7 Å². The van der Waals surface area contributed by atoms with Crippen molar-refractivity contribution in [1.29, 1.82) is 0 Å². The van der Waals surface area contributed by atoms with Crippen LogP contribution in [0.25, 0.3) is 11.3 Å². The molecule has 0 aliphatic rings. The number of nitrogens with two attached hydrogens (primary N) is 1. The van der Waals surface area contributed by atoms with Crippen LogP contribution >= 0.6 is 0 Å². The molecule has 3 rings (SSSR count). The Hall–Kier alpha value is -2.99. The first-order valence-corrected chi connectivity index (χ1v) is 9.37. The number of carbonyl (C=O) groups is 1. The summed E-state index contributed by atoms with van der Waals surface area (Å²) in [5.74, 6) is -0.252. The van der Waals surface area contributed by atoms with Crippen LogP contribution in [0.5, 0.6) is 0 Å². The highest BCUT2D eigenvalue weighted by atomic mass is 19.1. The Morgan fingerprint density at radius 2 is 1.96 bits per heavy atom. The minimum Gasteiger partial charge on any atom is -0.346 e. The lowest BCUT2D eigenvalue weighted by Crippen LogP contribution is -2.31. The SMILES string of the molecule is CN(CCCc1cc(-c2cccc(F)c2)n[nH]1)C(=O)CC(N)c1ccccc1. The molecule has 28 heavy (non-hydrogen) atoms. The summed E-state index contributed by atoms with van der Waals surface area (Å²) in [6.07, 6.45) is 1.84. The fraction of sp³-hybridized carbons (Fsp3) is 0.273. The van der Waals surface area contributed by atoms with Crippen molar-refractivity contribution in [1.82, 2.24) is 15.1 Å². The fourth-order valence-electron chi connectivity index (χ4n) is 3.08. The topological polar surface area (TPSA) is 75.0 Å². The lowest BCUT2D eigenvalue weighted by Gasteiger charge is -2.19. The molecule has 1 atom stereocenters. The predicted molar refractivity (Wildman–Crippen MR) is 108 cm³/mol. The maximum Gasteiger partial charge on any atom is 0.224 e. The first-order chi connectivity index (χ1) is 13.5. The fourth-order valence-corrected chi connectivity index (χ4v) is 3.08. The number of amides is 1. The lowest BCUT2D eigenvalue weighted by atomic mass is 10.0. The van der Waals surface area contributed by atoms with Gasteiger partial charge in [-0.1, -0.05) is 42.5 Å². The summed E-state index contributed by atoms with van der Waals surface area (Å²) >= 11 is 0. The van der Waals surface area contributed by atoms with Crippen molar-refractivity contribution < 1.29 is 9.18 Å². The molecule has 0 spiro atoms. The summed E-state index contributed by atoms with van der Waals surface area (Å²) < 4.78 is 13.3. The number of hydrogen-bond acceptors (Lipinski definition) is 3. The molecule has 0 saturated heterocycles. The number of aromatic nitrogens is 2. The molecular weight excluding hydrogens is 355 g/mol. The summed E-state index contributed by atoms with van der Waals surface area (Å²) in [6.45, 7) is 0.634. The van der Waals surface area contributed by atoms with E-state index in [9.17, 15) is 9.18 Å². The maximum absolute atomic E-state index is 13.3. The van der Waals surface area contributed by atoms with E-state index in [0.717, 1.165) is 29.7 Å². The number of nitrogens with one attached hydrogen (secondary N) is 1. The number of carbonyl (C=O) groups excluding carboxylic acids is 1. The maximum atomic E-state index is 13.3. The third-order valence-corrected chi connectivity index (χ3v) is 4.74. The first kappa shape index (κ1) is 19.8. The van der Waals surface area contributed by atoms with Gasteiger partial charge in [0.2, 0.25) is 5.91 Å². The van der Waals surface area contributed by atoms with Gasteiger partial charge in [0.05, 0.1) is 5.69 Å². The van der Waals surface area contributed by atoms with Crippen molar-refractivity contribution in [3.05, 3.63) is 77.7 Å². The second kappa shape index (κ2) is 9.28. The average Bonchev–Trinajstić information content (AvgIpc) is 3.17. The molecule has 0 bridgehead atoms. The van der Waals surface area contributed by atoms with Crippen LogP contribution in [-0.2, 0) is 11.2 Å². The van der Waals surface area contributed by atoms with E-state index in [-0.39, 0.29) is 24.2 Å². The highest BCUT2D eigenvalue weighted by molar-refractivity contribution is 5.76. The van der Waals surface area contributed by atoms with Gasteiger partial charge in [0.25, 0.3) is 0 Å². The normalized spacial score (nSPS) is 12.0. The van der Waals surface area contributed by atoms with E-state index in [1.54, 1.807) is 18.0 Å². The van der Waals surface area contributed by atoms with Gasteiger partial charge in [0.15, 0.2) is 0 Å². The summed E-state index contributed by atoms with van der Waals surface area (Å²) in [5.41, 5.74) is 9.51. The van der Waals surface area contributed by atoms with Crippen LogP contribution in [0, 0.1) is 5.82 Å². The van der Waals surface area contributed by atoms with Gasteiger partial charge in [-0.3, -0.25) is 9.89 Å². The first-order valence-electron chi connectivity index (χ1n) is 9.37. The van der Waals surface area contributed by atoms with Crippen LogP contribution < -0.4 is 5.73 Å².